The Morgan fingerprint density at radius 2 is 1.91 bits per heavy atom. The summed E-state index contributed by atoms with van der Waals surface area (Å²) in [6.07, 6.45) is 5.76. The molecule has 1 aromatic heterocycles. The van der Waals surface area contributed by atoms with Gasteiger partial charge in [-0.05, 0) is 36.2 Å². The Morgan fingerprint density at radius 1 is 1.15 bits per heavy atom. The van der Waals surface area contributed by atoms with Crippen LogP contribution in [0.25, 0.3) is 5.76 Å². The maximum Gasteiger partial charge on any atom is 0.295 e. The fraction of sp³-hybridized carbons (Fsp3) is 0.208. The van der Waals surface area contributed by atoms with Crippen LogP contribution in [-0.4, -0.2) is 50.0 Å². The van der Waals surface area contributed by atoms with E-state index in [-0.39, 0.29) is 29.4 Å². The average Bonchev–Trinajstić information content (AvgIpc) is 3.42. The molecule has 0 unspecified atom stereocenters. The Hall–Kier alpha value is -3.59. The van der Waals surface area contributed by atoms with Gasteiger partial charge in [0.1, 0.15) is 5.76 Å². The first kappa shape index (κ1) is 22.6. The van der Waals surface area contributed by atoms with Crippen molar-refractivity contribution in [2.24, 2.45) is 0 Å². The molecular formula is C24H22BrN3O5. The van der Waals surface area contributed by atoms with Crippen LogP contribution in [0.15, 0.2) is 71.2 Å². The third-order valence-corrected chi connectivity index (χ3v) is 6.08. The Labute approximate surface area is 198 Å². The lowest BCUT2D eigenvalue weighted by Crippen LogP contribution is -2.31. The minimum absolute atomic E-state index is 0.00213. The molecule has 2 aromatic carbocycles. The van der Waals surface area contributed by atoms with E-state index < -0.39 is 17.7 Å². The van der Waals surface area contributed by atoms with E-state index >= 15 is 0 Å². The van der Waals surface area contributed by atoms with E-state index in [1.54, 1.807) is 48.9 Å². The number of aliphatic hydroxyl groups excluding tert-OH is 1. The second-order valence-corrected chi connectivity index (χ2v) is 8.50. The van der Waals surface area contributed by atoms with Gasteiger partial charge in [-0.2, -0.15) is 0 Å². The van der Waals surface area contributed by atoms with Crippen LogP contribution in [0.2, 0.25) is 0 Å². The van der Waals surface area contributed by atoms with Gasteiger partial charge in [-0.1, -0.05) is 34.1 Å². The smallest absolute Gasteiger partial charge is 0.295 e. The van der Waals surface area contributed by atoms with Crippen LogP contribution in [0, 0.1) is 0 Å². The van der Waals surface area contributed by atoms with Crippen molar-refractivity contribution in [1.82, 2.24) is 14.5 Å². The number of imidazole rings is 1. The number of rotatable bonds is 7. The van der Waals surface area contributed by atoms with Crippen LogP contribution < -0.4 is 4.74 Å². The Kier molecular flexibility index (Phi) is 6.50. The molecule has 1 atom stereocenters. The molecule has 0 bridgehead atoms. The normalized spacial score (nSPS) is 17.5. The SMILES string of the molecule is COc1cc([C@H]2C(=C(O)c3ccc(Br)cc3)C(=O)C(=O)N2CCCn2ccnc2)ccc1O. The van der Waals surface area contributed by atoms with Crippen LogP contribution in [0.1, 0.15) is 23.6 Å². The van der Waals surface area contributed by atoms with Crippen LogP contribution in [0.3, 0.4) is 0 Å². The number of Topliss-reactive ketones (excluding diaryl/α,β-unsaturated/α-hetero) is 1. The molecule has 33 heavy (non-hydrogen) atoms. The van der Waals surface area contributed by atoms with E-state index in [4.69, 9.17) is 4.74 Å². The van der Waals surface area contributed by atoms with Gasteiger partial charge in [0.25, 0.3) is 11.7 Å². The van der Waals surface area contributed by atoms with E-state index in [2.05, 4.69) is 20.9 Å². The zero-order valence-corrected chi connectivity index (χ0v) is 19.4. The largest absolute Gasteiger partial charge is 0.507 e. The van der Waals surface area contributed by atoms with E-state index in [1.165, 1.54) is 18.1 Å². The Morgan fingerprint density at radius 3 is 2.58 bits per heavy atom. The van der Waals surface area contributed by atoms with Crippen LogP contribution in [0.4, 0.5) is 0 Å². The number of halogens is 1. The molecule has 3 aromatic rings. The number of amides is 1. The van der Waals surface area contributed by atoms with Crippen molar-refractivity contribution in [2.75, 3.05) is 13.7 Å². The van der Waals surface area contributed by atoms with Gasteiger partial charge in [0.05, 0.1) is 25.1 Å². The summed E-state index contributed by atoms with van der Waals surface area (Å²) in [4.78, 5) is 31.6. The number of carbonyl (C=O) groups excluding carboxylic acids is 2. The number of ketones is 1. The molecule has 1 saturated heterocycles. The number of benzene rings is 2. The summed E-state index contributed by atoms with van der Waals surface area (Å²) < 4.78 is 7.93. The highest BCUT2D eigenvalue weighted by Gasteiger charge is 2.46. The fourth-order valence-corrected chi connectivity index (χ4v) is 4.19. The number of hydrogen-bond acceptors (Lipinski definition) is 6. The van der Waals surface area contributed by atoms with E-state index in [0.29, 0.717) is 24.1 Å². The number of nitrogens with zero attached hydrogens (tertiary/aromatic N) is 3. The maximum atomic E-state index is 13.1. The molecule has 1 amide bonds. The molecule has 2 N–H and O–H groups in total. The maximum absolute atomic E-state index is 13.1. The third kappa shape index (κ3) is 4.49. The zero-order valence-electron chi connectivity index (χ0n) is 17.8. The van der Waals surface area contributed by atoms with Gasteiger partial charge in [-0.3, -0.25) is 9.59 Å². The summed E-state index contributed by atoms with van der Waals surface area (Å²) in [6.45, 7) is 0.898. The predicted octanol–water partition coefficient (Wildman–Crippen LogP) is 3.87. The molecule has 8 nitrogen and oxygen atoms in total. The van der Waals surface area contributed by atoms with E-state index in [9.17, 15) is 19.8 Å². The van der Waals surface area contributed by atoms with Gasteiger partial charge in [0.2, 0.25) is 0 Å². The van der Waals surface area contributed by atoms with Crippen molar-refractivity contribution >= 4 is 33.4 Å². The molecule has 170 valence electrons. The van der Waals surface area contributed by atoms with Crippen molar-refractivity contribution < 1.29 is 24.5 Å². The number of ether oxygens (including phenoxy) is 1. The first-order chi connectivity index (χ1) is 15.9. The number of likely N-dealkylation sites (tertiary alicyclic amines) is 1. The molecule has 9 heteroatoms. The number of aryl methyl sites for hydroxylation is 1. The number of carbonyl (C=O) groups is 2. The predicted molar refractivity (Wildman–Crippen MR) is 125 cm³/mol. The minimum Gasteiger partial charge on any atom is -0.507 e. The van der Waals surface area contributed by atoms with E-state index in [0.717, 1.165) is 4.47 Å². The zero-order chi connectivity index (χ0) is 23.5. The number of aromatic nitrogens is 2. The lowest BCUT2D eigenvalue weighted by molar-refractivity contribution is -0.139. The van der Waals surface area contributed by atoms with Crippen LogP contribution in [0.5, 0.6) is 11.5 Å². The Bertz CT molecular complexity index is 1210. The average molecular weight is 512 g/mol. The van der Waals surface area contributed by atoms with Gasteiger partial charge in [0, 0.05) is 35.5 Å². The Balaban J connectivity index is 1.76. The first-order valence-corrected chi connectivity index (χ1v) is 11.1. The molecule has 4 rings (SSSR count). The van der Waals surface area contributed by atoms with Crippen molar-refractivity contribution in [3.05, 3.63) is 82.4 Å². The molecule has 1 fully saturated rings. The standard InChI is InChI=1S/C24H22BrN3O5/c1-33-19-13-16(5-8-18(19)29)21-20(22(30)15-3-6-17(25)7-4-15)23(31)24(32)28(21)11-2-10-27-12-9-26-14-27/h3-9,12-14,21,29-30H,2,10-11H2,1H3/t21-/m0/s1. The molecule has 2 heterocycles. The number of aromatic hydroxyl groups is 1. The second-order valence-electron chi connectivity index (χ2n) is 7.58. The molecule has 0 aliphatic carbocycles. The molecular weight excluding hydrogens is 490 g/mol. The number of phenols is 1. The molecule has 0 spiro atoms. The highest BCUT2D eigenvalue weighted by atomic mass is 79.9. The lowest BCUT2D eigenvalue weighted by Gasteiger charge is -2.26. The summed E-state index contributed by atoms with van der Waals surface area (Å²) in [5.41, 5.74) is 0.966. The third-order valence-electron chi connectivity index (χ3n) is 5.55. The summed E-state index contributed by atoms with van der Waals surface area (Å²) >= 11 is 3.35. The lowest BCUT2D eigenvalue weighted by atomic mass is 9.95. The van der Waals surface area contributed by atoms with Gasteiger partial charge < -0.3 is 24.4 Å². The summed E-state index contributed by atoms with van der Waals surface area (Å²) in [5.74, 6) is -1.55. The number of methoxy groups -OCH3 is 1. The number of phenolic OH excluding ortho intramolecular Hbond substituents is 1. The topological polar surface area (TPSA) is 105 Å². The number of hydrogen-bond donors (Lipinski definition) is 2. The quantitative estimate of drug-likeness (QED) is 0.283. The van der Waals surface area contributed by atoms with Crippen LogP contribution >= 0.6 is 15.9 Å². The summed E-state index contributed by atoms with van der Waals surface area (Å²) in [7, 11) is 1.42. The van der Waals surface area contributed by atoms with Gasteiger partial charge in [-0.25, -0.2) is 4.98 Å². The summed E-state index contributed by atoms with van der Waals surface area (Å²) in [6, 6.07) is 10.6. The molecule has 1 aliphatic heterocycles. The molecule has 0 radical (unpaired) electrons. The van der Waals surface area contributed by atoms with Crippen molar-refractivity contribution in [1.29, 1.82) is 0 Å². The van der Waals surface area contributed by atoms with Gasteiger partial charge >= 0.3 is 0 Å². The highest BCUT2D eigenvalue weighted by molar-refractivity contribution is 9.10. The first-order valence-electron chi connectivity index (χ1n) is 10.3. The number of aliphatic hydroxyl groups is 1. The van der Waals surface area contributed by atoms with Gasteiger partial charge in [-0.15, -0.1) is 0 Å². The van der Waals surface area contributed by atoms with Crippen molar-refractivity contribution in [3.8, 4) is 11.5 Å². The second kappa shape index (κ2) is 9.50. The van der Waals surface area contributed by atoms with Crippen molar-refractivity contribution in [3.63, 3.8) is 0 Å². The summed E-state index contributed by atoms with van der Waals surface area (Å²) in [5, 5.41) is 21.1. The molecule has 0 saturated carbocycles. The van der Waals surface area contributed by atoms with E-state index in [1.807, 2.05) is 10.8 Å². The fourth-order valence-electron chi connectivity index (χ4n) is 3.93. The molecule has 1 aliphatic rings. The highest BCUT2D eigenvalue weighted by Crippen LogP contribution is 2.41. The minimum atomic E-state index is -0.828. The van der Waals surface area contributed by atoms with Gasteiger partial charge in [0.15, 0.2) is 11.5 Å². The monoisotopic (exact) mass is 511 g/mol. The van der Waals surface area contributed by atoms with Crippen LogP contribution in [-0.2, 0) is 16.1 Å². The van der Waals surface area contributed by atoms with Crippen molar-refractivity contribution in [2.45, 2.75) is 19.0 Å².